The highest BCUT2D eigenvalue weighted by Crippen LogP contribution is 2.41. The lowest BCUT2D eigenvalue weighted by atomic mass is 9.86. The third-order valence-corrected chi connectivity index (χ3v) is 6.21. The molecule has 0 fully saturated rings. The monoisotopic (exact) mass is 402 g/mol. The van der Waals surface area contributed by atoms with Gasteiger partial charge in [0.05, 0.1) is 22.4 Å². The van der Waals surface area contributed by atoms with Crippen LogP contribution >= 0.6 is 0 Å². The third kappa shape index (κ3) is 2.80. The van der Waals surface area contributed by atoms with Crippen molar-refractivity contribution in [2.45, 2.75) is 53.1 Å². The number of rotatable bonds is 2. The molecule has 0 aliphatic carbocycles. The molecule has 3 amide bonds. The van der Waals surface area contributed by atoms with E-state index in [4.69, 9.17) is 0 Å². The van der Waals surface area contributed by atoms with Gasteiger partial charge in [-0.1, -0.05) is 18.2 Å². The molecule has 2 heterocycles. The highest BCUT2D eigenvalue weighted by Gasteiger charge is 2.45. The van der Waals surface area contributed by atoms with Crippen LogP contribution in [0.4, 0.5) is 5.69 Å². The number of allylic oxidation sites excluding steroid dienone is 1. The summed E-state index contributed by atoms with van der Waals surface area (Å²) in [5, 5.41) is 0. The van der Waals surface area contributed by atoms with Gasteiger partial charge in [0.25, 0.3) is 17.7 Å². The van der Waals surface area contributed by atoms with Crippen molar-refractivity contribution in [2.24, 2.45) is 0 Å². The van der Waals surface area contributed by atoms with E-state index >= 15 is 0 Å². The van der Waals surface area contributed by atoms with Crippen molar-refractivity contribution in [3.8, 4) is 0 Å². The van der Waals surface area contributed by atoms with Crippen molar-refractivity contribution < 1.29 is 14.4 Å². The largest absolute Gasteiger partial charge is 0.301 e. The molecular formula is C25H26N2O3. The number of benzene rings is 2. The van der Waals surface area contributed by atoms with E-state index in [9.17, 15) is 14.4 Å². The number of imide groups is 1. The Morgan fingerprint density at radius 3 is 2.00 bits per heavy atom. The predicted octanol–water partition coefficient (Wildman–Crippen LogP) is 4.52. The fourth-order valence-corrected chi connectivity index (χ4v) is 4.54. The van der Waals surface area contributed by atoms with Gasteiger partial charge in [0.15, 0.2) is 0 Å². The SMILES string of the molecule is CC1=CC(C)(C)N(C(=O)[C@@H](C)N2C(=O)c3ccccc3C2=O)c2cc(C)c(C)cc21. The van der Waals surface area contributed by atoms with Crippen LogP contribution in [0.25, 0.3) is 5.57 Å². The molecule has 0 bridgehead atoms. The number of anilines is 1. The van der Waals surface area contributed by atoms with Crippen LogP contribution in [-0.4, -0.2) is 34.2 Å². The fraction of sp³-hybridized carbons (Fsp3) is 0.320. The van der Waals surface area contributed by atoms with Gasteiger partial charge < -0.3 is 4.90 Å². The molecule has 154 valence electrons. The second kappa shape index (κ2) is 6.66. The number of hydrogen-bond acceptors (Lipinski definition) is 3. The van der Waals surface area contributed by atoms with Crippen molar-refractivity contribution in [3.05, 3.63) is 70.3 Å². The fourth-order valence-electron chi connectivity index (χ4n) is 4.54. The summed E-state index contributed by atoms with van der Waals surface area (Å²) in [5.74, 6) is -1.11. The summed E-state index contributed by atoms with van der Waals surface area (Å²) in [4.78, 5) is 42.4. The highest BCUT2D eigenvalue weighted by atomic mass is 16.2. The van der Waals surface area contributed by atoms with Gasteiger partial charge in [0.2, 0.25) is 0 Å². The zero-order chi connectivity index (χ0) is 22.0. The quantitative estimate of drug-likeness (QED) is 0.694. The maximum absolute atomic E-state index is 13.8. The lowest BCUT2D eigenvalue weighted by Gasteiger charge is -2.43. The van der Waals surface area contributed by atoms with Crippen LogP contribution < -0.4 is 4.90 Å². The zero-order valence-corrected chi connectivity index (χ0v) is 18.2. The van der Waals surface area contributed by atoms with Crippen LogP contribution in [0.5, 0.6) is 0 Å². The molecule has 4 rings (SSSR count). The molecule has 2 aliphatic rings. The van der Waals surface area contributed by atoms with E-state index in [1.807, 2.05) is 33.8 Å². The van der Waals surface area contributed by atoms with Crippen molar-refractivity contribution in [3.63, 3.8) is 0 Å². The van der Waals surface area contributed by atoms with Crippen LogP contribution in [0.1, 0.15) is 65.1 Å². The molecule has 1 atom stereocenters. The summed E-state index contributed by atoms with van der Waals surface area (Å²) in [5.41, 5.74) is 5.27. The number of carbonyl (C=O) groups is 3. The third-order valence-electron chi connectivity index (χ3n) is 6.21. The molecule has 0 spiro atoms. The van der Waals surface area contributed by atoms with Crippen LogP contribution in [0.2, 0.25) is 0 Å². The standard InChI is InChI=1S/C25H26N2O3/c1-14-11-20-16(3)13-25(5,6)27(21(20)12-15(14)2)22(28)17(4)26-23(29)18-9-7-8-10-19(18)24(26)30/h7-13,17H,1-6H3/t17-/m1/s1. The minimum atomic E-state index is -0.919. The minimum absolute atomic E-state index is 0.275. The highest BCUT2D eigenvalue weighted by molar-refractivity contribution is 6.23. The molecule has 0 aromatic heterocycles. The maximum atomic E-state index is 13.8. The molecule has 2 aromatic carbocycles. The van der Waals surface area contributed by atoms with Gasteiger partial charge >= 0.3 is 0 Å². The van der Waals surface area contributed by atoms with E-state index in [-0.39, 0.29) is 5.91 Å². The molecule has 2 aliphatic heterocycles. The number of nitrogens with zero attached hydrogens (tertiary/aromatic N) is 2. The van der Waals surface area contributed by atoms with Crippen molar-refractivity contribution in [1.29, 1.82) is 0 Å². The minimum Gasteiger partial charge on any atom is -0.301 e. The van der Waals surface area contributed by atoms with Gasteiger partial charge in [-0.15, -0.1) is 0 Å². The van der Waals surface area contributed by atoms with E-state index in [1.54, 1.807) is 36.1 Å². The smallest absolute Gasteiger partial charge is 0.262 e. The van der Waals surface area contributed by atoms with Gasteiger partial charge in [-0.2, -0.15) is 0 Å². The Balaban J connectivity index is 1.77. The molecular weight excluding hydrogens is 376 g/mol. The predicted molar refractivity (Wildman–Crippen MR) is 118 cm³/mol. The maximum Gasteiger partial charge on any atom is 0.262 e. The molecule has 0 radical (unpaired) electrons. The summed E-state index contributed by atoms with van der Waals surface area (Å²) in [6.07, 6.45) is 2.07. The summed E-state index contributed by atoms with van der Waals surface area (Å²) in [6, 6.07) is 9.91. The second-order valence-corrected chi connectivity index (χ2v) is 8.81. The Kier molecular flexibility index (Phi) is 4.46. The van der Waals surface area contributed by atoms with Crippen LogP contribution in [0, 0.1) is 13.8 Å². The number of aryl methyl sites for hydroxylation is 2. The van der Waals surface area contributed by atoms with E-state index in [2.05, 4.69) is 19.1 Å². The average Bonchev–Trinajstić information content (AvgIpc) is 2.93. The molecule has 0 saturated heterocycles. The summed E-state index contributed by atoms with van der Waals surface area (Å²) in [6.45, 7) is 11.7. The van der Waals surface area contributed by atoms with Crippen LogP contribution in [-0.2, 0) is 4.79 Å². The van der Waals surface area contributed by atoms with Gasteiger partial charge in [0.1, 0.15) is 6.04 Å². The van der Waals surface area contributed by atoms with Crippen molar-refractivity contribution in [2.75, 3.05) is 4.90 Å². The van der Waals surface area contributed by atoms with Gasteiger partial charge in [-0.25, -0.2) is 0 Å². The van der Waals surface area contributed by atoms with Gasteiger partial charge in [-0.3, -0.25) is 19.3 Å². The Labute approximate surface area is 177 Å². The normalized spacial score (nSPS) is 18.1. The second-order valence-electron chi connectivity index (χ2n) is 8.81. The summed E-state index contributed by atoms with van der Waals surface area (Å²) < 4.78 is 0. The first-order valence-electron chi connectivity index (χ1n) is 10.2. The lowest BCUT2D eigenvalue weighted by molar-refractivity contribution is -0.122. The van der Waals surface area contributed by atoms with Crippen LogP contribution in [0.3, 0.4) is 0 Å². The first-order chi connectivity index (χ1) is 14.0. The van der Waals surface area contributed by atoms with Crippen molar-refractivity contribution >= 4 is 29.0 Å². The Morgan fingerprint density at radius 2 is 1.43 bits per heavy atom. The molecule has 5 nitrogen and oxygen atoms in total. The molecule has 5 heteroatoms. The Morgan fingerprint density at radius 1 is 0.900 bits per heavy atom. The summed E-state index contributed by atoms with van der Waals surface area (Å²) >= 11 is 0. The topological polar surface area (TPSA) is 57.7 Å². The molecule has 0 unspecified atom stereocenters. The Hall–Kier alpha value is -3.21. The molecule has 0 N–H and O–H groups in total. The first-order valence-corrected chi connectivity index (χ1v) is 10.2. The van der Waals surface area contributed by atoms with E-state index in [0.717, 1.165) is 32.9 Å². The van der Waals surface area contributed by atoms with Crippen molar-refractivity contribution in [1.82, 2.24) is 4.90 Å². The van der Waals surface area contributed by atoms with E-state index in [1.165, 1.54) is 0 Å². The number of amides is 3. The first kappa shape index (κ1) is 20.1. The number of hydrogen-bond donors (Lipinski definition) is 0. The molecule has 0 saturated carbocycles. The molecule has 2 aromatic rings. The number of carbonyl (C=O) groups excluding carboxylic acids is 3. The van der Waals surface area contributed by atoms with E-state index < -0.39 is 23.4 Å². The Bertz CT molecular complexity index is 1110. The van der Waals surface area contributed by atoms with E-state index in [0.29, 0.717) is 11.1 Å². The van der Waals surface area contributed by atoms with Crippen LogP contribution in [0.15, 0.2) is 42.5 Å². The van der Waals surface area contributed by atoms with Gasteiger partial charge in [-0.05, 0) is 82.5 Å². The zero-order valence-electron chi connectivity index (χ0n) is 18.2. The average molecular weight is 402 g/mol. The summed E-state index contributed by atoms with van der Waals surface area (Å²) in [7, 11) is 0. The van der Waals surface area contributed by atoms with Gasteiger partial charge in [0, 0.05) is 5.56 Å². The molecule has 30 heavy (non-hydrogen) atoms. The lowest BCUT2D eigenvalue weighted by Crippen LogP contribution is -2.56. The number of fused-ring (bicyclic) bond motifs is 2.